The van der Waals surface area contributed by atoms with Crippen molar-refractivity contribution in [2.24, 2.45) is 5.10 Å². The van der Waals surface area contributed by atoms with Gasteiger partial charge in [0.05, 0.1) is 17.1 Å². The first-order valence-electron chi connectivity index (χ1n) is 7.51. The number of carbonyl (C=O) groups is 1. The number of carbonyl (C=O) groups excluding carboxylic acids is 1. The van der Waals surface area contributed by atoms with E-state index in [9.17, 15) is 9.90 Å². The molecular weight excluding hydrogens is 448 g/mol. The number of nitrogens with one attached hydrogen (secondary N) is 1. The van der Waals surface area contributed by atoms with E-state index in [0.717, 1.165) is 20.8 Å². The highest BCUT2D eigenvalue weighted by molar-refractivity contribution is 9.11. The second-order valence-electron chi connectivity index (χ2n) is 5.43. The molecule has 0 atom stereocenters. The van der Waals surface area contributed by atoms with Gasteiger partial charge in [-0.25, -0.2) is 5.43 Å². The van der Waals surface area contributed by atoms with Crippen molar-refractivity contribution >= 4 is 54.8 Å². The van der Waals surface area contributed by atoms with E-state index in [-0.39, 0.29) is 18.1 Å². The maximum atomic E-state index is 12.2. The lowest BCUT2D eigenvalue weighted by molar-refractivity contribution is -0.120. The zero-order valence-corrected chi connectivity index (χ0v) is 16.2. The number of hydrogen-bond donors (Lipinski definition) is 2. The van der Waals surface area contributed by atoms with Gasteiger partial charge < -0.3 is 5.11 Å². The molecule has 3 aromatic carbocycles. The number of rotatable bonds is 4. The van der Waals surface area contributed by atoms with E-state index in [2.05, 4.69) is 42.4 Å². The SMILES string of the molecule is O=C(Cc1cccc2ccccc12)N/N=C/c1cc(Br)cc(Br)c1O. The molecule has 4 nitrogen and oxygen atoms in total. The summed E-state index contributed by atoms with van der Waals surface area (Å²) in [6.45, 7) is 0. The van der Waals surface area contributed by atoms with Gasteiger partial charge in [-0.1, -0.05) is 58.4 Å². The van der Waals surface area contributed by atoms with Crippen LogP contribution in [0.1, 0.15) is 11.1 Å². The van der Waals surface area contributed by atoms with Gasteiger partial charge in [-0.15, -0.1) is 0 Å². The lowest BCUT2D eigenvalue weighted by Gasteiger charge is -2.06. The van der Waals surface area contributed by atoms with Gasteiger partial charge in [-0.05, 0) is 44.4 Å². The molecule has 0 aliphatic heterocycles. The zero-order chi connectivity index (χ0) is 17.8. The summed E-state index contributed by atoms with van der Waals surface area (Å²) in [5, 5.41) is 16.1. The molecule has 0 aromatic heterocycles. The molecule has 0 fully saturated rings. The molecule has 6 heteroatoms. The monoisotopic (exact) mass is 460 g/mol. The van der Waals surface area contributed by atoms with Crippen molar-refractivity contribution in [3.8, 4) is 5.75 Å². The first-order valence-corrected chi connectivity index (χ1v) is 9.10. The molecule has 25 heavy (non-hydrogen) atoms. The van der Waals surface area contributed by atoms with Gasteiger partial charge in [0.15, 0.2) is 0 Å². The second kappa shape index (κ2) is 7.80. The predicted octanol–water partition coefficient (Wildman–Crippen LogP) is 4.76. The van der Waals surface area contributed by atoms with Crippen LogP contribution in [0.4, 0.5) is 0 Å². The van der Waals surface area contributed by atoms with Crippen molar-refractivity contribution in [2.75, 3.05) is 0 Å². The number of nitrogens with zero attached hydrogens (tertiary/aromatic N) is 1. The minimum Gasteiger partial charge on any atom is -0.506 e. The zero-order valence-electron chi connectivity index (χ0n) is 13.0. The molecular formula is C19H14Br2N2O2. The van der Waals surface area contributed by atoms with Gasteiger partial charge in [0.1, 0.15) is 5.75 Å². The summed E-state index contributed by atoms with van der Waals surface area (Å²) in [7, 11) is 0. The highest BCUT2D eigenvalue weighted by Crippen LogP contribution is 2.30. The highest BCUT2D eigenvalue weighted by Gasteiger charge is 2.07. The van der Waals surface area contributed by atoms with E-state index in [1.165, 1.54) is 6.21 Å². The maximum absolute atomic E-state index is 12.2. The predicted molar refractivity (Wildman–Crippen MR) is 107 cm³/mol. The van der Waals surface area contributed by atoms with E-state index in [1.54, 1.807) is 12.1 Å². The molecule has 0 aliphatic rings. The average Bonchev–Trinajstić information content (AvgIpc) is 2.59. The number of phenolic OH excluding ortho intramolecular Hbond substituents is 1. The normalized spacial score (nSPS) is 11.1. The van der Waals surface area contributed by atoms with Crippen LogP contribution in [0.2, 0.25) is 0 Å². The van der Waals surface area contributed by atoms with Crippen molar-refractivity contribution in [3.05, 3.63) is 74.7 Å². The highest BCUT2D eigenvalue weighted by atomic mass is 79.9. The fraction of sp³-hybridized carbons (Fsp3) is 0.0526. The fourth-order valence-corrected chi connectivity index (χ4v) is 3.78. The van der Waals surface area contributed by atoms with Gasteiger partial charge >= 0.3 is 0 Å². The van der Waals surface area contributed by atoms with Crippen LogP contribution in [0, 0.1) is 0 Å². The Kier molecular flexibility index (Phi) is 5.50. The summed E-state index contributed by atoms with van der Waals surface area (Å²) in [4.78, 5) is 12.2. The molecule has 0 unspecified atom stereocenters. The van der Waals surface area contributed by atoms with Gasteiger partial charge in [0.2, 0.25) is 5.91 Å². The first-order chi connectivity index (χ1) is 12.0. The maximum Gasteiger partial charge on any atom is 0.244 e. The number of hydrazone groups is 1. The Balaban J connectivity index is 1.71. The Morgan fingerprint density at radius 3 is 2.72 bits per heavy atom. The van der Waals surface area contributed by atoms with Crippen molar-refractivity contribution in [1.82, 2.24) is 5.43 Å². The molecule has 0 bridgehead atoms. The molecule has 0 saturated carbocycles. The Bertz CT molecular complexity index is 966. The summed E-state index contributed by atoms with van der Waals surface area (Å²) in [5.74, 6) is -0.156. The van der Waals surface area contributed by atoms with E-state index < -0.39 is 0 Å². The fourth-order valence-electron chi connectivity index (χ4n) is 2.52. The Labute approximate surface area is 161 Å². The third kappa shape index (κ3) is 4.27. The molecule has 0 saturated heterocycles. The average molecular weight is 462 g/mol. The largest absolute Gasteiger partial charge is 0.506 e. The lowest BCUT2D eigenvalue weighted by atomic mass is 10.0. The topological polar surface area (TPSA) is 61.7 Å². The smallest absolute Gasteiger partial charge is 0.244 e. The Morgan fingerprint density at radius 2 is 1.88 bits per heavy atom. The van der Waals surface area contributed by atoms with Crippen molar-refractivity contribution in [2.45, 2.75) is 6.42 Å². The van der Waals surface area contributed by atoms with Gasteiger partial charge in [-0.2, -0.15) is 5.10 Å². The van der Waals surface area contributed by atoms with Crippen molar-refractivity contribution in [3.63, 3.8) is 0 Å². The number of amides is 1. The van der Waals surface area contributed by atoms with E-state index >= 15 is 0 Å². The van der Waals surface area contributed by atoms with Gasteiger partial charge in [0, 0.05) is 10.0 Å². The number of phenols is 1. The molecule has 3 aromatic rings. The van der Waals surface area contributed by atoms with Crippen LogP contribution < -0.4 is 5.43 Å². The van der Waals surface area contributed by atoms with Crippen LogP contribution in [-0.2, 0) is 11.2 Å². The summed E-state index contributed by atoms with van der Waals surface area (Å²) < 4.78 is 1.34. The van der Waals surface area contributed by atoms with Crippen LogP contribution in [0.15, 0.2) is 68.6 Å². The van der Waals surface area contributed by atoms with Crippen LogP contribution in [0.5, 0.6) is 5.75 Å². The van der Waals surface area contributed by atoms with E-state index in [4.69, 9.17) is 0 Å². The molecule has 2 N–H and O–H groups in total. The second-order valence-corrected chi connectivity index (χ2v) is 7.20. The summed E-state index contributed by atoms with van der Waals surface area (Å²) in [6.07, 6.45) is 1.64. The summed E-state index contributed by atoms with van der Waals surface area (Å²) >= 11 is 6.60. The first kappa shape index (κ1) is 17.6. The molecule has 1 amide bonds. The number of hydrogen-bond acceptors (Lipinski definition) is 3. The minimum absolute atomic E-state index is 0.0650. The lowest BCUT2D eigenvalue weighted by Crippen LogP contribution is -2.19. The van der Waals surface area contributed by atoms with Crippen molar-refractivity contribution in [1.29, 1.82) is 0 Å². The Morgan fingerprint density at radius 1 is 1.12 bits per heavy atom. The molecule has 0 radical (unpaired) electrons. The molecule has 3 rings (SSSR count). The third-order valence-electron chi connectivity index (χ3n) is 3.68. The van der Waals surface area contributed by atoms with Gasteiger partial charge in [0.25, 0.3) is 0 Å². The number of halogens is 2. The van der Waals surface area contributed by atoms with Crippen LogP contribution in [0.25, 0.3) is 10.8 Å². The quantitative estimate of drug-likeness (QED) is 0.434. The van der Waals surface area contributed by atoms with Crippen LogP contribution >= 0.6 is 31.9 Å². The molecule has 126 valence electrons. The molecule has 0 heterocycles. The minimum atomic E-state index is -0.221. The number of benzene rings is 3. The van der Waals surface area contributed by atoms with E-state index in [1.807, 2.05) is 42.5 Å². The van der Waals surface area contributed by atoms with Gasteiger partial charge in [-0.3, -0.25) is 4.79 Å². The summed E-state index contributed by atoms with van der Waals surface area (Å²) in [6, 6.07) is 17.3. The Hall–Kier alpha value is -2.18. The van der Waals surface area contributed by atoms with Crippen molar-refractivity contribution < 1.29 is 9.90 Å². The van der Waals surface area contributed by atoms with E-state index in [0.29, 0.717) is 10.0 Å². The number of fused-ring (bicyclic) bond motifs is 1. The molecule has 0 spiro atoms. The third-order valence-corrected chi connectivity index (χ3v) is 4.74. The van der Waals surface area contributed by atoms with Crippen LogP contribution in [0.3, 0.4) is 0 Å². The summed E-state index contributed by atoms with van der Waals surface area (Å²) in [5.41, 5.74) is 3.93. The standard InChI is InChI=1S/C19H14Br2N2O2/c20-15-8-14(19(25)17(21)10-15)11-22-23-18(24)9-13-6-3-5-12-4-1-2-7-16(12)13/h1-8,10-11,25H,9H2,(H,23,24)/b22-11+. The van der Waals surface area contributed by atoms with Crippen LogP contribution in [-0.4, -0.2) is 17.2 Å². The molecule has 0 aliphatic carbocycles. The number of aromatic hydroxyl groups is 1.